The van der Waals surface area contributed by atoms with Crippen molar-refractivity contribution in [3.8, 4) is 0 Å². The molecule has 1 aliphatic heterocycles. The fourth-order valence-corrected chi connectivity index (χ4v) is 2.89. The van der Waals surface area contributed by atoms with Gasteiger partial charge in [-0.05, 0) is 5.56 Å². The lowest BCUT2D eigenvalue weighted by atomic mass is 10.2. The van der Waals surface area contributed by atoms with Crippen LogP contribution in [0.2, 0.25) is 0 Å². The summed E-state index contributed by atoms with van der Waals surface area (Å²) in [5.74, 6) is 0.514. The number of hydrogen-bond donors (Lipinski definition) is 2. The van der Waals surface area contributed by atoms with Gasteiger partial charge in [0.2, 0.25) is 0 Å². The Morgan fingerprint density at radius 1 is 1.21 bits per heavy atom. The summed E-state index contributed by atoms with van der Waals surface area (Å²) in [4.78, 5) is 18.8. The maximum atomic E-state index is 9.03. The Balaban J connectivity index is 1.53. The predicted octanol–water partition coefficient (Wildman–Crippen LogP) is 1.52. The van der Waals surface area contributed by atoms with Gasteiger partial charge in [-0.15, -0.1) is 0 Å². The summed E-state index contributed by atoms with van der Waals surface area (Å²) in [5, 5.41) is 13.8. The van der Waals surface area contributed by atoms with Gasteiger partial charge in [-0.2, -0.15) is 5.06 Å². The molecule has 4 rings (SSSR count). The number of nitrogens with zero attached hydrogens (tertiary/aromatic N) is 5. The number of hydroxylamine groups is 2. The Morgan fingerprint density at radius 2 is 2.08 bits per heavy atom. The molecule has 1 fully saturated rings. The fourth-order valence-electron chi connectivity index (χ4n) is 2.89. The predicted molar refractivity (Wildman–Crippen MR) is 87.6 cm³/mol. The van der Waals surface area contributed by atoms with E-state index in [0.29, 0.717) is 17.0 Å². The largest absolute Gasteiger partial charge is 0.377 e. The van der Waals surface area contributed by atoms with Crippen LogP contribution in [0.15, 0.2) is 43.0 Å². The molecule has 24 heavy (non-hydrogen) atoms. The summed E-state index contributed by atoms with van der Waals surface area (Å²) in [6.07, 6.45) is 3.87. The summed E-state index contributed by atoms with van der Waals surface area (Å²) in [7, 11) is 0. The number of aliphatic hydroxyl groups is 1. The van der Waals surface area contributed by atoms with Crippen molar-refractivity contribution in [3.05, 3.63) is 48.5 Å². The zero-order valence-corrected chi connectivity index (χ0v) is 13.0. The molecule has 3 heterocycles. The van der Waals surface area contributed by atoms with Crippen molar-refractivity contribution < 1.29 is 9.94 Å². The van der Waals surface area contributed by atoms with Crippen molar-refractivity contribution in [1.82, 2.24) is 24.6 Å². The van der Waals surface area contributed by atoms with Crippen molar-refractivity contribution in [1.29, 1.82) is 0 Å². The van der Waals surface area contributed by atoms with Gasteiger partial charge in [-0.1, -0.05) is 30.3 Å². The molecule has 0 radical (unpaired) electrons. The molecule has 8 nitrogen and oxygen atoms in total. The molecule has 0 aliphatic carbocycles. The molecule has 1 aliphatic rings. The van der Waals surface area contributed by atoms with E-state index in [1.54, 1.807) is 6.33 Å². The second-order valence-corrected chi connectivity index (χ2v) is 5.58. The van der Waals surface area contributed by atoms with Crippen LogP contribution < -0.4 is 5.32 Å². The highest BCUT2D eigenvalue weighted by Crippen LogP contribution is 2.28. The summed E-state index contributed by atoms with van der Waals surface area (Å²) >= 11 is 0. The molecule has 2 aromatic heterocycles. The van der Waals surface area contributed by atoms with Crippen molar-refractivity contribution >= 4 is 17.0 Å². The molecule has 0 amide bonds. The smallest absolute Gasteiger partial charge is 0.167 e. The van der Waals surface area contributed by atoms with E-state index < -0.39 is 0 Å². The van der Waals surface area contributed by atoms with Crippen LogP contribution in [-0.4, -0.2) is 43.0 Å². The first kappa shape index (κ1) is 15.0. The minimum atomic E-state index is -0.205. The Kier molecular flexibility index (Phi) is 4.08. The van der Waals surface area contributed by atoms with Crippen LogP contribution in [-0.2, 0) is 11.4 Å². The summed E-state index contributed by atoms with van der Waals surface area (Å²) in [5.41, 5.74) is 2.52. The number of anilines is 1. The number of hydrogen-bond acceptors (Lipinski definition) is 7. The van der Waals surface area contributed by atoms with E-state index in [4.69, 9.17) is 9.94 Å². The van der Waals surface area contributed by atoms with Crippen LogP contribution in [0.1, 0.15) is 18.2 Å². The first-order valence-electron chi connectivity index (χ1n) is 7.83. The topological polar surface area (TPSA) is 88.3 Å². The van der Waals surface area contributed by atoms with Gasteiger partial charge in [-0.3, -0.25) is 9.40 Å². The van der Waals surface area contributed by atoms with Crippen molar-refractivity contribution in [2.24, 2.45) is 0 Å². The Morgan fingerprint density at radius 3 is 2.92 bits per heavy atom. The minimum Gasteiger partial charge on any atom is -0.377 e. The Bertz CT molecular complexity index is 822. The molecule has 1 aromatic carbocycles. The third-order valence-electron chi connectivity index (χ3n) is 4.01. The zero-order valence-electron chi connectivity index (χ0n) is 13.0. The van der Waals surface area contributed by atoms with Crippen molar-refractivity contribution in [2.45, 2.75) is 19.2 Å². The molecule has 1 atom stereocenters. The molecule has 1 saturated heterocycles. The molecule has 0 spiro atoms. The zero-order chi connectivity index (χ0) is 16.4. The van der Waals surface area contributed by atoms with Crippen molar-refractivity contribution in [2.75, 3.05) is 18.6 Å². The van der Waals surface area contributed by atoms with Gasteiger partial charge in [0.25, 0.3) is 0 Å². The number of rotatable bonds is 5. The Hall–Kier alpha value is -2.55. The third kappa shape index (κ3) is 2.82. The van der Waals surface area contributed by atoms with Gasteiger partial charge in [0.05, 0.1) is 6.33 Å². The number of aliphatic hydroxyl groups excluding tert-OH is 1. The van der Waals surface area contributed by atoms with E-state index in [0.717, 1.165) is 19.5 Å². The minimum absolute atomic E-state index is 0.143. The van der Waals surface area contributed by atoms with E-state index in [2.05, 4.69) is 32.4 Å². The van der Waals surface area contributed by atoms with Crippen LogP contribution in [0.25, 0.3) is 11.2 Å². The summed E-state index contributed by atoms with van der Waals surface area (Å²) < 4.78 is 1.91. The number of benzene rings is 1. The molecule has 124 valence electrons. The van der Waals surface area contributed by atoms with E-state index in [-0.39, 0.29) is 13.0 Å². The Labute approximate surface area is 138 Å². The molecule has 8 heteroatoms. The molecule has 0 unspecified atom stereocenters. The lowest BCUT2D eigenvalue weighted by Crippen LogP contribution is -2.18. The van der Waals surface area contributed by atoms with E-state index in [1.165, 1.54) is 11.9 Å². The van der Waals surface area contributed by atoms with Crippen molar-refractivity contribution in [3.63, 3.8) is 0 Å². The van der Waals surface area contributed by atoms with E-state index in [1.807, 2.05) is 27.8 Å². The molecule has 2 N–H and O–H groups in total. The van der Waals surface area contributed by atoms with Crippen LogP contribution in [0, 0.1) is 0 Å². The van der Waals surface area contributed by atoms with Gasteiger partial charge >= 0.3 is 0 Å². The number of imidazole rings is 1. The lowest BCUT2D eigenvalue weighted by Gasteiger charge is -2.17. The van der Waals surface area contributed by atoms with E-state index in [9.17, 15) is 0 Å². The molecule has 0 saturated carbocycles. The number of aromatic nitrogens is 4. The van der Waals surface area contributed by atoms with Gasteiger partial charge in [0.15, 0.2) is 23.2 Å². The van der Waals surface area contributed by atoms with Gasteiger partial charge < -0.3 is 10.4 Å². The highest BCUT2D eigenvalue weighted by Gasteiger charge is 2.27. The second kappa shape index (κ2) is 6.52. The summed E-state index contributed by atoms with van der Waals surface area (Å²) in [6.45, 7) is 1.38. The maximum Gasteiger partial charge on any atom is 0.167 e. The van der Waals surface area contributed by atoms with Gasteiger partial charge in [0.1, 0.15) is 13.1 Å². The average molecular weight is 326 g/mol. The first-order valence-corrected chi connectivity index (χ1v) is 7.83. The highest BCUT2D eigenvalue weighted by molar-refractivity contribution is 5.82. The van der Waals surface area contributed by atoms with Crippen LogP contribution in [0.3, 0.4) is 0 Å². The SMILES string of the molecule is OCNc1ncnc2c1ncn2[C@H]1CCN(Cc2ccccc2)O1. The highest BCUT2D eigenvalue weighted by atomic mass is 16.7. The van der Waals surface area contributed by atoms with Crippen LogP contribution in [0.4, 0.5) is 5.82 Å². The second-order valence-electron chi connectivity index (χ2n) is 5.58. The molecular formula is C16H18N6O2. The molecular weight excluding hydrogens is 308 g/mol. The molecule has 0 bridgehead atoms. The van der Waals surface area contributed by atoms with Crippen LogP contribution in [0.5, 0.6) is 0 Å². The summed E-state index contributed by atoms with van der Waals surface area (Å²) in [6, 6.07) is 10.2. The average Bonchev–Trinajstić information content (AvgIpc) is 3.23. The standard InChI is InChI=1S/C16H18N6O2/c23-11-20-15-14-16(18-9-17-15)22(10-19-14)13-6-7-21(24-13)8-12-4-2-1-3-5-12/h1-5,9-10,13,23H,6-8,11H2,(H,17,18,20)/t13-/m1/s1. The molecule has 3 aromatic rings. The fraction of sp³-hybridized carbons (Fsp3) is 0.312. The first-order chi connectivity index (χ1) is 11.8. The van der Waals surface area contributed by atoms with Gasteiger partial charge in [0, 0.05) is 19.5 Å². The number of fused-ring (bicyclic) bond motifs is 1. The lowest BCUT2D eigenvalue weighted by molar-refractivity contribution is -0.174. The number of nitrogens with one attached hydrogen (secondary N) is 1. The van der Waals surface area contributed by atoms with Crippen LogP contribution >= 0.6 is 0 Å². The quantitative estimate of drug-likeness (QED) is 0.687. The van der Waals surface area contributed by atoms with Gasteiger partial charge in [-0.25, -0.2) is 15.0 Å². The third-order valence-corrected chi connectivity index (χ3v) is 4.01. The maximum absolute atomic E-state index is 9.03. The van der Waals surface area contributed by atoms with E-state index >= 15 is 0 Å². The monoisotopic (exact) mass is 326 g/mol. The normalized spacial score (nSPS) is 18.3.